The maximum absolute atomic E-state index is 12.4. The van der Waals surface area contributed by atoms with Crippen LogP contribution in [-0.2, 0) is 6.61 Å². The molecule has 0 aliphatic rings. The monoisotopic (exact) mass is 181 g/mol. The highest BCUT2D eigenvalue weighted by Crippen LogP contribution is 1.91. The quantitative estimate of drug-likeness (QED) is 0.687. The van der Waals surface area contributed by atoms with Crippen molar-refractivity contribution in [1.82, 2.24) is 4.98 Å². The standard InChI is InChI=1S/C10H12FNO/c1-7(11)3-4-9-5-10(6-13)12-8(9)2/h3-5,12-13H,2,6H2,1H3/b7-3+,9-4-. The van der Waals surface area contributed by atoms with E-state index in [0.717, 1.165) is 5.22 Å². The molecule has 0 fully saturated rings. The Morgan fingerprint density at radius 3 is 2.92 bits per heavy atom. The fourth-order valence-electron chi connectivity index (χ4n) is 1.02. The Kier molecular flexibility index (Phi) is 3.03. The van der Waals surface area contributed by atoms with Crippen LogP contribution < -0.4 is 10.6 Å². The lowest BCUT2D eigenvalue weighted by molar-refractivity contribution is 0.277. The molecule has 0 atom stereocenters. The smallest absolute Gasteiger partial charge is 0.0968 e. The van der Waals surface area contributed by atoms with Gasteiger partial charge in [-0.25, -0.2) is 4.39 Å². The fraction of sp³-hybridized carbons (Fsp3) is 0.200. The Morgan fingerprint density at radius 2 is 2.46 bits per heavy atom. The van der Waals surface area contributed by atoms with E-state index in [9.17, 15) is 4.39 Å². The van der Waals surface area contributed by atoms with Crippen LogP contribution in [-0.4, -0.2) is 10.1 Å². The van der Waals surface area contributed by atoms with Crippen molar-refractivity contribution >= 4 is 12.7 Å². The van der Waals surface area contributed by atoms with E-state index in [0.29, 0.717) is 11.0 Å². The second-order valence-electron chi connectivity index (χ2n) is 2.81. The number of aliphatic hydroxyl groups excluding tert-OH is 1. The van der Waals surface area contributed by atoms with Crippen LogP contribution in [0.1, 0.15) is 12.6 Å². The number of aromatic amines is 1. The van der Waals surface area contributed by atoms with Crippen molar-refractivity contribution in [3.63, 3.8) is 0 Å². The van der Waals surface area contributed by atoms with E-state index in [2.05, 4.69) is 11.6 Å². The van der Waals surface area contributed by atoms with Gasteiger partial charge in [0.15, 0.2) is 0 Å². The lowest BCUT2D eigenvalue weighted by atomic mass is 10.3. The maximum atomic E-state index is 12.4. The van der Waals surface area contributed by atoms with Gasteiger partial charge in [-0.05, 0) is 24.3 Å². The predicted octanol–water partition coefficient (Wildman–Crippen LogP) is 0.571. The highest BCUT2D eigenvalue weighted by Gasteiger charge is 1.91. The third kappa shape index (κ3) is 2.56. The molecular weight excluding hydrogens is 169 g/mol. The van der Waals surface area contributed by atoms with Gasteiger partial charge in [-0.1, -0.05) is 12.7 Å². The first-order valence-electron chi connectivity index (χ1n) is 3.95. The summed E-state index contributed by atoms with van der Waals surface area (Å²) in [6, 6.07) is 1.74. The summed E-state index contributed by atoms with van der Waals surface area (Å²) >= 11 is 0. The third-order valence-electron chi connectivity index (χ3n) is 1.65. The summed E-state index contributed by atoms with van der Waals surface area (Å²) in [5.41, 5.74) is 0.682. The molecule has 0 saturated heterocycles. The van der Waals surface area contributed by atoms with Gasteiger partial charge in [0.05, 0.1) is 12.4 Å². The minimum absolute atomic E-state index is 0.0608. The molecule has 1 aromatic heterocycles. The molecule has 2 nitrogen and oxygen atoms in total. The van der Waals surface area contributed by atoms with Crippen LogP contribution in [0.3, 0.4) is 0 Å². The van der Waals surface area contributed by atoms with Gasteiger partial charge >= 0.3 is 0 Å². The molecule has 3 heteroatoms. The molecule has 0 bridgehead atoms. The number of hydrogen-bond acceptors (Lipinski definition) is 1. The highest BCUT2D eigenvalue weighted by atomic mass is 19.1. The second-order valence-corrected chi connectivity index (χ2v) is 2.81. The van der Waals surface area contributed by atoms with Crippen LogP contribution in [0.4, 0.5) is 4.39 Å². The van der Waals surface area contributed by atoms with E-state index >= 15 is 0 Å². The lowest BCUT2D eigenvalue weighted by Gasteiger charge is -1.82. The van der Waals surface area contributed by atoms with Gasteiger partial charge in [-0.3, -0.25) is 0 Å². The van der Waals surface area contributed by atoms with Crippen molar-refractivity contribution in [3.8, 4) is 0 Å². The molecule has 0 aromatic carbocycles. The fourth-order valence-corrected chi connectivity index (χ4v) is 1.02. The summed E-state index contributed by atoms with van der Waals surface area (Å²) in [6.45, 7) is 5.03. The second kappa shape index (κ2) is 4.05. The molecular formula is C10H12FNO. The van der Waals surface area contributed by atoms with Crippen molar-refractivity contribution in [2.24, 2.45) is 0 Å². The Bertz CT molecular complexity index is 413. The van der Waals surface area contributed by atoms with Crippen molar-refractivity contribution in [3.05, 3.63) is 34.2 Å². The number of H-pyrrole nitrogens is 1. The van der Waals surface area contributed by atoms with Crippen LogP contribution in [0.2, 0.25) is 0 Å². The van der Waals surface area contributed by atoms with Crippen LogP contribution >= 0.6 is 0 Å². The number of rotatable bonds is 2. The molecule has 13 heavy (non-hydrogen) atoms. The van der Waals surface area contributed by atoms with Crippen molar-refractivity contribution in [2.45, 2.75) is 13.5 Å². The van der Waals surface area contributed by atoms with Gasteiger partial charge in [0.2, 0.25) is 0 Å². The van der Waals surface area contributed by atoms with E-state index in [1.807, 2.05) is 0 Å². The zero-order chi connectivity index (χ0) is 9.84. The highest BCUT2D eigenvalue weighted by molar-refractivity contribution is 5.38. The van der Waals surface area contributed by atoms with E-state index in [1.54, 1.807) is 12.1 Å². The average Bonchev–Trinajstić information content (AvgIpc) is 2.43. The average molecular weight is 181 g/mol. The minimum Gasteiger partial charge on any atom is -0.390 e. The Labute approximate surface area is 75.7 Å². The summed E-state index contributed by atoms with van der Waals surface area (Å²) in [5, 5.41) is 10.3. The number of hydrogen-bond donors (Lipinski definition) is 2. The largest absolute Gasteiger partial charge is 0.390 e. The summed E-state index contributed by atoms with van der Waals surface area (Å²) in [5.74, 6) is -0.258. The van der Waals surface area contributed by atoms with E-state index in [-0.39, 0.29) is 12.4 Å². The number of halogens is 1. The maximum Gasteiger partial charge on any atom is 0.0968 e. The topological polar surface area (TPSA) is 36.0 Å². The van der Waals surface area contributed by atoms with E-state index in [4.69, 9.17) is 5.11 Å². The van der Waals surface area contributed by atoms with Crippen LogP contribution in [0, 0.1) is 0 Å². The zero-order valence-electron chi connectivity index (χ0n) is 7.47. The summed E-state index contributed by atoms with van der Waals surface area (Å²) in [4.78, 5) is 2.87. The molecule has 1 heterocycles. The first-order chi connectivity index (χ1) is 6.13. The van der Waals surface area contributed by atoms with Crippen molar-refractivity contribution < 1.29 is 9.50 Å². The molecule has 0 saturated carbocycles. The number of nitrogens with one attached hydrogen (secondary N) is 1. The summed E-state index contributed by atoms with van der Waals surface area (Å²) in [7, 11) is 0. The van der Waals surface area contributed by atoms with Crippen molar-refractivity contribution in [2.75, 3.05) is 0 Å². The van der Waals surface area contributed by atoms with Crippen LogP contribution in [0.25, 0.3) is 12.7 Å². The predicted molar refractivity (Wildman–Crippen MR) is 50.8 cm³/mol. The third-order valence-corrected chi connectivity index (χ3v) is 1.65. The van der Waals surface area contributed by atoms with Crippen LogP contribution in [0.5, 0.6) is 0 Å². The lowest BCUT2D eigenvalue weighted by Crippen LogP contribution is -2.19. The van der Waals surface area contributed by atoms with Crippen LogP contribution in [0.15, 0.2) is 18.0 Å². The van der Waals surface area contributed by atoms with Crippen molar-refractivity contribution in [1.29, 1.82) is 0 Å². The molecule has 0 amide bonds. The summed E-state index contributed by atoms with van der Waals surface area (Å²) < 4.78 is 12.4. The Morgan fingerprint density at radius 1 is 1.77 bits per heavy atom. The van der Waals surface area contributed by atoms with E-state index < -0.39 is 0 Å². The molecule has 0 radical (unpaired) electrons. The SMILES string of the molecule is C=c1[nH]c(CO)c/c1=C/C=C(\C)F. The van der Waals surface area contributed by atoms with Gasteiger partial charge in [0.25, 0.3) is 0 Å². The first-order valence-corrected chi connectivity index (χ1v) is 3.95. The molecule has 1 aromatic rings. The van der Waals surface area contributed by atoms with Gasteiger partial charge < -0.3 is 10.1 Å². The Hall–Kier alpha value is -1.35. The molecule has 2 N–H and O–H groups in total. The molecule has 0 aliphatic carbocycles. The number of aromatic nitrogens is 1. The van der Waals surface area contributed by atoms with Gasteiger partial charge in [-0.15, -0.1) is 0 Å². The van der Waals surface area contributed by atoms with Gasteiger partial charge in [0, 0.05) is 11.0 Å². The Balaban J connectivity index is 3.15. The summed E-state index contributed by atoms with van der Waals surface area (Å²) in [6.07, 6.45) is 2.98. The molecule has 0 spiro atoms. The van der Waals surface area contributed by atoms with E-state index in [1.165, 1.54) is 13.0 Å². The number of allylic oxidation sites excluding steroid dienone is 2. The zero-order valence-corrected chi connectivity index (χ0v) is 7.47. The minimum atomic E-state index is -0.258. The van der Waals surface area contributed by atoms with Gasteiger partial charge in [0.1, 0.15) is 0 Å². The first kappa shape index (κ1) is 9.74. The van der Waals surface area contributed by atoms with Gasteiger partial charge in [-0.2, -0.15) is 0 Å². The normalized spacial score (nSPS) is 13.8. The molecule has 0 aliphatic heterocycles. The molecule has 70 valence electrons. The number of aliphatic hydroxyl groups is 1. The molecule has 0 unspecified atom stereocenters. The molecule has 1 rings (SSSR count).